The van der Waals surface area contributed by atoms with Crippen LogP contribution in [0.1, 0.15) is 20.3 Å². The third-order valence-electron chi connectivity index (χ3n) is 2.51. The Balaban J connectivity index is 4.28. The van der Waals surface area contributed by atoms with Crippen LogP contribution in [0.5, 0.6) is 0 Å². The van der Waals surface area contributed by atoms with Gasteiger partial charge in [-0.1, -0.05) is 0 Å². The second kappa shape index (κ2) is 8.84. The molecule has 4 nitrogen and oxygen atoms in total. The van der Waals surface area contributed by atoms with E-state index in [2.05, 4.69) is 0 Å². The van der Waals surface area contributed by atoms with Crippen LogP contribution in [0, 0.1) is 0 Å². The minimum atomic E-state index is -0.383. The highest BCUT2D eigenvalue weighted by molar-refractivity contribution is 7.98. The Morgan fingerprint density at radius 2 is 2.19 bits per heavy atom. The summed E-state index contributed by atoms with van der Waals surface area (Å²) in [5, 5.41) is 0. The Kier molecular flexibility index (Phi) is 8.70. The van der Waals surface area contributed by atoms with Crippen molar-refractivity contribution in [3.63, 3.8) is 0 Å². The van der Waals surface area contributed by atoms with Crippen molar-refractivity contribution in [1.82, 2.24) is 4.90 Å². The topological polar surface area (TPSA) is 55.6 Å². The molecule has 96 valence electrons. The molecule has 0 aromatic rings. The molecular weight excluding hydrogens is 224 g/mol. The van der Waals surface area contributed by atoms with Crippen molar-refractivity contribution in [2.45, 2.75) is 32.4 Å². The Hall–Kier alpha value is -0.260. The van der Waals surface area contributed by atoms with E-state index in [0.717, 1.165) is 12.2 Å². The molecule has 0 saturated heterocycles. The van der Waals surface area contributed by atoms with E-state index >= 15 is 0 Å². The van der Waals surface area contributed by atoms with Crippen molar-refractivity contribution in [3.05, 3.63) is 0 Å². The van der Waals surface area contributed by atoms with Gasteiger partial charge < -0.3 is 15.4 Å². The first-order valence-electron chi connectivity index (χ1n) is 5.62. The van der Waals surface area contributed by atoms with Crippen molar-refractivity contribution in [2.75, 3.05) is 32.3 Å². The van der Waals surface area contributed by atoms with Crippen LogP contribution in [0.2, 0.25) is 0 Å². The maximum atomic E-state index is 12.0. The van der Waals surface area contributed by atoms with Crippen LogP contribution in [0.3, 0.4) is 0 Å². The van der Waals surface area contributed by atoms with Gasteiger partial charge in [-0.05, 0) is 32.3 Å². The Labute approximate surface area is 103 Å². The highest BCUT2D eigenvalue weighted by Crippen LogP contribution is 2.06. The fourth-order valence-corrected chi connectivity index (χ4v) is 2.09. The molecule has 2 N–H and O–H groups in total. The van der Waals surface area contributed by atoms with Gasteiger partial charge in [-0.25, -0.2) is 0 Å². The Bertz CT molecular complexity index is 202. The van der Waals surface area contributed by atoms with Crippen LogP contribution < -0.4 is 5.73 Å². The van der Waals surface area contributed by atoms with E-state index in [1.54, 1.807) is 23.8 Å². The van der Waals surface area contributed by atoms with Crippen LogP contribution in [-0.2, 0) is 9.53 Å². The van der Waals surface area contributed by atoms with Gasteiger partial charge in [0.05, 0.1) is 18.7 Å². The molecule has 16 heavy (non-hydrogen) atoms. The van der Waals surface area contributed by atoms with Gasteiger partial charge in [0.15, 0.2) is 0 Å². The number of methoxy groups -OCH3 is 1. The number of ether oxygens (including phenoxy) is 1. The zero-order valence-electron chi connectivity index (χ0n) is 10.7. The maximum Gasteiger partial charge on any atom is 0.239 e. The minimum Gasteiger partial charge on any atom is -0.383 e. The largest absolute Gasteiger partial charge is 0.383 e. The summed E-state index contributed by atoms with van der Waals surface area (Å²) in [4.78, 5) is 13.8. The van der Waals surface area contributed by atoms with Crippen LogP contribution in [-0.4, -0.2) is 55.2 Å². The van der Waals surface area contributed by atoms with E-state index in [9.17, 15) is 4.79 Å². The van der Waals surface area contributed by atoms with E-state index in [1.807, 2.05) is 20.1 Å². The average molecular weight is 248 g/mol. The van der Waals surface area contributed by atoms with E-state index in [0.29, 0.717) is 13.2 Å². The fourth-order valence-electron chi connectivity index (χ4n) is 1.60. The summed E-state index contributed by atoms with van der Waals surface area (Å²) in [5.74, 6) is 0.949. The number of carbonyl (C=O) groups is 1. The highest BCUT2D eigenvalue weighted by atomic mass is 32.2. The molecule has 2 atom stereocenters. The highest BCUT2D eigenvalue weighted by Gasteiger charge is 2.23. The van der Waals surface area contributed by atoms with Gasteiger partial charge in [0.25, 0.3) is 0 Å². The van der Waals surface area contributed by atoms with Crippen molar-refractivity contribution in [2.24, 2.45) is 5.73 Å². The summed E-state index contributed by atoms with van der Waals surface area (Å²) in [7, 11) is 1.64. The molecule has 0 fully saturated rings. The summed E-state index contributed by atoms with van der Waals surface area (Å²) >= 11 is 1.71. The van der Waals surface area contributed by atoms with Gasteiger partial charge in [-0.15, -0.1) is 0 Å². The minimum absolute atomic E-state index is 0.0288. The van der Waals surface area contributed by atoms with Gasteiger partial charge in [-0.2, -0.15) is 11.8 Å². The molecule has 0 aliphatic heterocycles. The summed E-state index contributed by atoms with van der Waals surface area (Å²) in [6.07, 6.45) is 2.75. The summed E-state index contributed by atoms with van der Waals surface area (Å²) in [6, 6.07) is -0.297. The summed E-state index contributed by atoms with van der Waals surface area (Å²) < 4.78 is 5.06. The molecule has 0 aliphatic carbocycles. The number of hydrogen-bond donors (Lipinski definition) is 1. The van der Waals surface area contributed by atoms with Gasteiger partial charge >= 0.3 is 0 Å². The van der Waals surface area contributed by atoms with Gasteiger partial charge in [0, 0.05) is 13.7 Å². The molecule has 5 heteroatoms. The molecule has 0 aromatic carbocycles. The van der Waals surface area contributed by atoms with E-state index < -0.39 is 0 Å². The predicted molar refractivity (Wildman–Crippen MR) is 69.7 cm³/mol. The number of hydrogen-bond acceptors (Lipinski definition) is 4. The van der Waals surface area contributed by atoms with Crippen molar-refractivity contribution in [1.29, 1.82) is 0 Å². The number of nitrogens with two attached hydrogens (primary N) is 1. The molecule has 0 rings (SSSR count). The van der Waals surface area contributed by atoms with Gasteiger partial charge in [0.2, 0.25) is 5.91 Å². The molecule has 0 bridgehead atoms. The first-order chi connectivity index (χ1) is 7.58. The molecule has 0 aliphatic rings. The lowest BCUT2D eigenvalue weighted by atomic mass is 10.2. The standard InChI is InChI=1S/C11H24N2O2S/c1-5-13(9(2)8-15-3)11(14)10(12)6-7-16-4/h9-10H,5-8,12H2,1-4H3/t9?,10-/m1/s1. The SMILES string of the molecule is CCN(C(=O)[C@H](N)CCSC)C(C)COC. The number of amides is 1. The normalized spacial score (nSPS) is 14.6. The van der Waals surface area contributed by atoms with Crippen molar-refractivity contribution >= 4 is 17.7 Å². The number of thioether (sulfide) groups is 1. The van der Waals surface area contributed by atoms with Crippen LogP contribution in [0.15, 0.2) is 0 Å². The zero-order valence-corrected chi connectivity index (χ0v) is 11.5. The number of rotatable bonds is 8. The fraction of sp³-hybridized carbons (Fsp3) is 0.909. The Morgan fingerprint density at radius 1 is 1.56 bits per heavy atom. The molecule has 1 amide bonds. The third kappa shape index (κ3) is 5.18. The van der Waals surface area contributed by atoms with Crippen molar-refractivity contribution in [3.8, 4) is 0 Å². The predicted octanol–water partition coefficient (Wildman–Crippen LogP) is 0.950. The number of carbonyl (C=O) groups excluding carboxylic acids is 1. The summed E-state index contributed by atoms with van der Waals surface area (Å²) in [5.41, 5.74) is 5.87. The molecule has 0 radical (unpaired) electrons. The van der Waals surface area contributed by atoms with Gasteiger partial charge in [-0.3, -0.25) is 4.79 Å². The Morgan fingerprint density at radius 3 is 2.62 bits per heavy atom. The summed E-state index contributed by atoms with van der Waals surface area (Å²) in [6.45, 7) is 5.17. The molecule has 0 saturated carbocycles. The molecule has 0 spiro atoms. The van der Waals surface area contributed by atoms with E-state index in [-0.39, 0.29) is 18.0 Å². The lowest BCUT2D eigenvalue weighted by Crippen LogP contribution is -2.49. The van der Waals surface area contributed by atoms with Crippen LogP contribution in [0.4, 0.5) is 0 Å². The van der Waals surface area contributed by atoms with Crippen LogP contribution in [0.25, 0.3) is 0 Å². The second-order valence-corrected chi connectivity index (χ2v) is 4.80. The molecule has 0 aromatic heterocycles. The van der Waals surface area contributed by atoms with Crippen LogP contribution >= 0.6 is 11.8 Å². The quantitative estimate of drug-likeness (QED) is 0.695. The number of nitrogens with zero attached hydrogens (tertiary/aromatic N) is 1. The van der Waals surface area contributed by atoms with Crippen molar-refractivity contribution < 1.29 is 9.53 Å². The average Bonchev–Trinajstić information content (AvgIpc) is 2.27. The zero-order chi connectivity index (χ0) is 12.6. The first kappa shape index (κ1) is 15.7. The molecule has 0 heterocycles. The maximum absolute atomic E-state index is 12.0. The van der Waals surface area contributed by atoms with Gasteiger partial charge in [0.1, 0.15) is 0 Å². The lowest BCUT2D eigenvalue weighted by Gasteiger charge is -2.29. The molecule has 1 unspecified atom stereocenters. The lowest BCUT2D eigenvalue weighted by molar-refractivity contribution is -0.135. The third-order valence-corrected chi connectivity index (χ3v) is 3.16. The smallest absolute Gasteiger partial charge is 0.239 e. The number of likely N-dealkylation sites (N-methyl/N-ethyl adjacent to an activating group) is 1. The first-order valence-corrected chi connectivity index (χ1v) is 7.01. The van der Waals surface area contributed by atoms with E-state index in [4.69, 9.17) is 10.5 Å². The monoisotopic (exact) mass is 248 g/mol. The second-order valence-electron chi connectivity index (χ2n) is 3.82. The van der Waals surface area contributed by atoms with E-state index in [1.165, 1.54) is 0 Å². The molecular formula is C11H24N2O2S.